The number of anilines is 1. The van der Waals surface area contributed by atoms with E-state index in [-0.39, 0.29) is 11.9 Å². The molecule has 3 heterocycles. The normalized spacial score (nSPS) is 21.6. The van der Waals surface area contributed by atoms with Crippen LogP contribution in [0.5, 0.6) is 5.75 Å². The van der Waals surface area contributed by atoms with E-state index in [4.69, 9.17) is 4.74 Å². The molecule has 0 unspecified atom stereocenters. The van der Waals surface area contributed by atoms with Gasteiger partial charge in [-0.2, -0.15) is 0 Å². The lowest BCUT2D eigenvalue weighted by atomic mass is 10.2. The van der Waals surface area contributed by atoms with Crippen molar-refractivity contribution in [2.45, 2.75) is 18.9 Å². The second-order valence-electron chi connectivity index (χ2n) is 6.23. The minimum Gasteiger partial charge on any atom is -0.497 e. The number of carbonyl (C=O) groups is 1. The average molecular weight is 331 g/mol. The number of ether oxygens (including phenoxy) is 1. The van der Waals surface area contributed by atoms with Gasteiger partial charge in [0.15, 0.2) is 0 Å². The van der Waals surface area contributed by atoms with Crippen LogP contribution in [-0.4, -0.2) is 50.1 Å². The fourth-order valence-electron chi connectivity index (χ4n) is 3.45. The largest absolute Gasteiger partial charge is 0.497 e. The second-order valence-corrected chi connectivity index (χ2v) is 7.28. The summed E-state index contributed by atoms with van der Waals surface area (Å²) in [6, 6.07) is 6.11. The summed E-state index contributed by atoms with van der Waals surface area (Å²) in [5, 5.41) is 7.76. The maximum atomic E-state index is 12.6. The molecular weight excluding hydrogens is 310 g/mol. The Balaban J connectivity index is 1.61. The number of methoxy groups -OCH3 is 1. The average Bonchev–Trinajstić information content (AvgIpc) is 3.16. The summed E-state index contributed by atoms with van der Waals surface area (Å²) >= 11 is 1.54. The second kappa shape index (κ2) is 6.02. The summed E-state index contributed by atoms with van der Waals surface area (Å²) in [5.74, 6) is 0.854. The van der Waals surface area contributed by atoms with Crippen LogP contribution in [0.3, 0.4) is 0 Å². The zero-order valence-corrected chi connectivity index (χ0v) is 14.0. The number of hydrogen-bond acceptors (Lipinski definition) is 5. The van der Waals surface area contributed by atoms with Gasteiger partial charge in [0.05, 0.1) is 18.8 Å². The Labute approximate surface area is 139 Å². The van der Waals surface area contributed by atoms with Gasteiger partial charge >= 0.3 is 0 Å². The highest BCUT2D eigenvalue weighted by molar-refractivity contribution is 7.21. The molecule has 1 fully saturated rings. The van der Waals surface area contributed by atoms with Crippen molar-refractivity contribution < 1.29 is 9.53 Å². The van der Waals surface area contributed by atoms with Crippen molar-refractivity contribution in [2.75, 3.05) is 38.6 Å². The van der Waals surface area contributed by atoms with E-state index >= 15 is 0 Å². The van der Waals surface area contributed by atoms with E-state index in [1.165, 1.54) is 12.8 Å². The van der Waals surface area contributed by atoms with Crippen LogP contribution in [0, 0.1) is 0 Å². The lowest BCUT2D eigenvalue weighted by Gasteiger charge is -2.22. The van der Waals surface area contributed by atoms with Gasteiger partial charge in [-0.3, -0.25) is 4.79 Å². The standard InChI is InChI=1S/C17H21N3O2S/c1-22-12-4-5-14-13(8-12)15-16(23-14)17(21)19-11(9-18-15)10-20-6-2-3-7-20/h4-5,8,11,18H,2-3,6-7,9-10H2,1H3,(H,19,21)/t11-/m0/s1. The Kier molecular flexibility index (Phi) is 3.87. The predicted octanol–water partition coefficient (Wildman–Crippen LogP) is 2.53. The number of nitrogens with zero attached hydrogens (tertiary/aromatic N) is 1. The number of benzene rings is 1. The number of carbonyl (C=O) groups excluding carboxylic acids is 1. The number of rotatable bonds is 3. The Morgan fingerprint density at radius 2 is 2.17 bits per heavy atom. The molecule has 0 radical (unpaired) electrons. The van der Waals surface area contributed by atoms with E-state index in [1.807, 2.05) is 18.2 Å². The molecule has 2 N–H and O–H groups in total. The molecule has 6 heteroatoms. The molecule has 2 aromatic rings. The summed E-state index contributed by atoms with van der Waals surface area (Å²) in [6.07, 6.45) is 2.54. The van der Waals surface area contributed by atoms with E-state index in [9.17, 15) is 4.79 Å². The molecule has 0 saturated carbocycles. The molecule has 1 atom stereocenters. The first-order valence-electron chi connectivity index (χ1n) is 8.12. The molecule has 122 valence electrons. The third-order valence-corrected chi connectivity index (χ3v) is 5.81. The molecule has 0 aliphatic carbocycles. The minimum atomic E-state index is 0.0364. The van der Waals surface area contributed by atoms with E-state index in [0.717, 1.165) is 52.6 Å². The lowest BCUT2D eigenvalue weighted by Crippen LogP contribution is -2.45. The van der Waals surface area contributed by atoms with Gasteiger partial charge in [0.25, 0.3) is 5.91 Å². The first-order valence-corrected chi connectivity index (χ1v) is 8.94. The first-order chi connectivity index (χ1) is 11.2. The molecule has 0 spiro atoms. The SMILES string of the molecule is COc1ccc2sc3c(c2c1)NC[C@@H](CN1CCCC1)NC3=O. The van der Waals surface area contributed by atoms with Crippen molar-refractivity contribution in [2.24, 2.45) is 0 Å². The Morgan fingerprint density at radius 1 is 1.35 bits per heavy atom. The number of nitrogens with one attached hydrogen (secondary N) is 2. The van der Waals surface area contributed by atoms with Gasteiger partial charge in [-0.1, -0.05) is 0 Å². The molecule has 1 aromatic carbocycles. The Bertz CT molecular complexity index is 737. The predicted molar refractivity (Wildman–Crippen MR) is 93.8 cm³/mol. The summed E-state index contributed by atoms with van der Waals surface area (Å²) < 4.78 is 6.43. The lowest BCUT2D eigenvalue weighted by molar-refractivity contribution is 0.0938. The fourth-order valence-corrected chi connectivity index (χ4v) is 4.52. The molecule has 23 heavy (non-hydrogen) atoms. The van der Waals surface area contributed by atoms with Gasteiger partial charge in [0, 0.05) is 23.2 Å². The van der Waals surface area contributed by atoms with Crippen molar-refractivity contribution in [3.05, 3.63) is 23.1 Å². The zero-order chi connectivity index (χ0) is 15.8. The van der Waals surface area contributed by atoms with Crippen LogP contribution in [0.2, 0.25) is 0 Å². The van der Waals surface area contributed by atoms with Crippen LogP contribution in [0.4, 0.5) is 5.69 Å². The molecule has 2 aliphatic rings. The third kappa shape index (κ3) is 2.77. The van der Waals surface area contributed by atoms with Gasteiger partial charge in [0.2, 0.25) is 0 Å². The maximum Gasteiger partial charge on any atom is 0.263 e. The number of likely N-dealkylation sites (tertiary alicyclic amines) is 1. The van der Waals surface area contributed by atoms with Gasteiger partial charge in [-0.25, -0.2) is 0 Å². The van der Waals surface area contributed by atoms with Crippen molar-refractivity contribution in [1.29, 1.82) is 0 Å². The van der Waals surface area contributed by atoms with E-state index < -0.39 is 0 Å². The highest BCUT2D eigenvalue weighted by Gasteiger charge is 2.27. The quantitative estimate of drug-likeness (QED) is 0.907. The van der Waals surface area contributed by atoms with Gasteiger partial charge in [0.1, 0.15) is 10.6 Å². The third-order valence-electron chi connectivity index (χ3n) is 4.64. The summed E-state index contributed by atoms with van der Waals surface area (Å²) in [7, 11) is 1.67. The van der Waals surface area contributed by atoms with Crippen molar-refractivity contribution in [1.82, 2.24) is 10.2 Å². The van der Waals surface area contributed by atoms with Crippen LogP contribution < -0.4 is 15.4 Å². The number of fused-ring (bicyclic) bond motifs is 3. The van der Waals surface area contributed by atoms with Gasteiger partial charge in [-0.05, 0) is 44.1 Å². The molecule has 2 aliphatic heterocycles. The highest BCUT2D eigenvalue weighted by atomic mass is 32.1. The topological polar surface area (TPSA) is 53.6 Å². The summed E-state index contributed by atoms with van der Waals surface area (Å²) in [5.41, 5.74) is 0.949. The van der Waals surface area contributed by atoms with Gasteiger partial charge < -0.3 is 20.3 Å². The van der Waals surface area contributed by atoms with Crippen molar-refractivity contribution >= 4 is 33.0 Å². The summed E-state index contributed by atoms with van der Waals surface area (Å²) in [6.45, 7) is 3.98. The first kappa shape index (κ1) is 14.8. The number of hydrogen-bond donors (Lipinski definition) is 2. The zero-order valence-electron chi connectivity index (χ0n) is 13.2. The van der Waals surface area contributed by atoms with E-state index in [0.29, 0.717) is 0 Å². The van der Waals surface area contributed by atoms with Crippen LogP contribution >= 0.6 is 11.3 Å². The van der Waals surface area contributed by atoms with Crippen LogP contribution in [-0.2, 0) is 0 Å². The molecular formula is C17H21N3O2S. The maximum absolute atomic E-state index is 12.6. The van der Waals surface area contributed by atoms with Crippen LogP contribution in [0.15, 0.2) is 18.2 Å². The van der Waals surface area contributed by atoms with Crippen molar-refractivity contribution in [3.8, 4) is 5.75 Å². The Morgan fingerprint density at radius 3 is 2.96 bits per heavy atom. The minimum absolute atomic E-state index is 0.0364. The van der Waals surface area contributed by atoms with E-state index in [2.05, 4.69) is 15.5 Å². The highest BCUT2D eigenvalue weighted by Crippen LogP contribution is 2.38. The van der Waals surface area contributed by atoms with E-state index in [1.54, 1.807) is 18.4 Å². The smallest absolute Gasteiger partial charge is 0.263 e. The molecule has 1 saturated heterocycles. The molecule has 1 amide bonds. The molecule has 5 nitrogen and oxygen atoms in total. The molecule has 0 bridgehead atoms. The van der Waals surface area contributed by atoms with Gasteiger partial charge in [-0.15, -0.1) is 11.3 Å². The van der Waals surface area contributed by atoms with Crippen molar-refractivity contribution in [3.63, 3.8) is 0 Å². The molecule has 4 rings (SSSR count). The number of thiophene rings is 1. The van der Waals surface area contributed by atoms with Crippen LogP contribution in [0.1, 0.15) is 22.5 Å². The molecule has 1 aromatic heterocycles. The summed E-state index contributed by atoms with van der Waals surface area (Å²) in [4.78, 5) is 15.8. The Hall–Kier alpha value is -1.79. The monoisotopic (exact) mass is 331 g/mol. The number of amides is 1. The van der Waals surface area contributed by atoms with Crippen LogP contribution in [0.25, 0.3) is 10.1 Å². The fraction of sp³-hybridized carbons (Fsp3) is 0.471.